The Morgan fingerprint density at radius 1 is 1.05 bits per heavy atom. The highest BCUT2D eigenvalue weighted by Gasteiger charge is 2.11. The van der Waals surface area contributed by atoms with Crippen LogP contribution in [0.3, 0.4) is 0 Å². The molecule has 0 atom stereocenters. The lowest BCUT2D eigenvalue weighted by Crippen LogP contribution is -2.03. The van der Waals surface area contributed by atoms with Gasteiger partial charge in [0.25, 0.3) is 0 Å². The fourth-order valence-electron chi connectivity index (χ4n) is 2.30. The molecule has 1 N–H and O–H groups in total. The van der Waals surface area contributed by atoms with Crippen LogP contribution in [0, 0.1) is 0 Å². The number of nitrogens with zero attached hydrogens (tertiary/aromatic N) is 3. The molecule has 0 bridgehead atoms. The summed E-state index contributed by atoms with van der Waals surface area (Å²) in [6.45, 7) is 4.19. The van der Waals surface area contributed by atoms with Crippen LogP contribution >= 0.6 is 0 Å². The number of hydrogen-bond acceptors (Lipinski definition) is 4. The van der Waals surface area contributed by atoms with Gasteiger partial charge in [-0.1, -0.05) is 38.1 Å². The zero-order valence-corrected chi connectivity index (χ0v) is 12.5. The second-order valence-corrected chi connectivity index (χ2v) is 5.28. The fourth-order valence-corrected chi connectivity index (χ4v) is 2.30. The molecule has 0 spiro atoms. The second kappa shape index (κ2) is 5.48. The molecule has 21 heavy (non-hydrogen) atoms. The molecular formula is C17H18N4. The van der Waals surface area contributed by atoms with Crippen LogP contribution in [-0.4, -0.2) is 22.0 Å². The van der Waals surface area contributed by atoms with Gasteiger partial charge in [-0.2, -0.15) is 0 Å². The normalized spacial score (nSPS) is 11.0. The molecule has 4 heteroatoms. The molecule has 0 aliphatic carbocycles. The summed E-state index contributed by atoms with van der Waals surface area (Å²) in [4.78, 5) is 13.7. The van der Waals surface area contributed by atoms with Crippen molar-refractivity contribution < 1.29 is 0 Å². The van der Waals surface area contributed by atoms with Crippen molar-refractivity contribution in [1.29, 1.82) is 0 Å². The van der Waals surface area contributed by atoms with Crippen LogP contribution in [0.25, 0.3) is 22.2 Å². The molecule has 0 fully saturated rings. The zero-order chi connectivity index (χ0) is 14.8. The lowest BCUT2D eigenvalue weighted by atomic mass is 10.1. The van der Waals surface area contributed by atoms with E-state index in [2.05, 4.69) is 47.3 Å². The van der Waals surface area contributed by atoms with Gasteiger partial charge in [0.2, 0.25) is 0 Å². The molecule has 106 valence electrons. The molecule has 4 nitrogen and oxygen atoms in total. The second-order valence-electron chi connectivity index (χ2n) is 5.28. The standard InChI is InChI=1S/C17H18N4/c1-11(2)17-20-14(10-15(18-3)21-17)13-8-4-6-12-7-5-9-19-16(12)13/h4-11H,1-3H3,(H,18,20,21). The number of fused-ring (bicyclic) bond motifs is 1. The monoisotopic (exact) mass is 278 g/mol. The molecular weight excluding hydrogens is 260 g/mol. The molecule has 0 saturated heterocycles. The van der Waals surface area contributed by atoms with E-state index in [1.54, 1.807) is 0 Å². The minimum atomic E-state index is 0.278. The first-order valence-corrected chi connectivity index (χ1v) is 7.10. The van der Waals surface area contributed by atoms with Gasteiger partial charge in [-0.05, 0) is 6.07 Å². The number of benzene rings is 1. The fraction of sp³-hybridized carbons (Fsp3) is 0.235. The van der Waals surface area contributed by atoms with Crippen molar-refractivity contribution in [1.82, 2.24) is 15.0 Å². The van der Waals surface area contributed by atoms with Crippen molar-refractivity contribution in [2.24, 2.45) is 0 Å². The molecule has 2 aromatic heterocycles. The van der Waals surface area contributed by atoms with E-state index in [-0.39, 0.29) is 5.92 Å². The molecule has 3 aromatic rings. The first-order chi connectivity index (χ1) is 10.2. The number of anilines is 1. The third kappa shape index (κ3) is 2.57. The predicted octanol–water partition coefficient (Wildman–Crippen LogP) is 3.86. The van der Waals surface area contributed by atoms with Crippen molar-refractivity contribution in [3.05, 3.63) is 48.4 Å². The van der Waals surface area contributed by atoms with Gasteiger partial charge >= 0.3 is 0 Å². The maximum Gasteiger partial charge on any atom is 0.133 e. The summed E-state index contributed by atoms with van der Waals surface area (Å²) in [5.41, 5.74) is 2.91. The van der Waals surface area contributed by atoms with Crippen LogP contribution in [0.4, 0.5) is 5.82 Å². The molecule has 0 amide bonds. The van der Waals surface area contributed by atoms with Crippen LogP contribution in [0.15, 0.2) is 42.6 Å². The van der Waals surface area contributed by atoms with Gasteiger partial charge in [0.15, 0.2) is 0 Å². The summed E-state index contributed by atoms with van der Waals surface area (Å²) in [5, 5.41) is 4.23. The lowest BCUT2D eigenvalue weighted by Gasteiger charge is -2.11. The molecule has 2 heterocycles. The third-order valence-electron chi connectivity index (χ3n) is 3.42. The lowest BCUT2D eigenvalue weighted by molar-refractivity contribution is 0.778. The highest BCUT2D eigenvalue weighted by Crippen LogP contribution is 2.28. The van der Waals surface area contributed by atoms with E-state index in [4.69, 9.17) is 4.98 Å². The SMILES string of the molecule is CNc1cc(-c2cccc3cccnc23)nc(C(C)C)n1. The van der Waals surface area contributed by atoms with Crippen LogP contribution in [0.2, 0.25) is 0 Å². The van der Waals surface area contributed by atoms with Gasteiger partial charge in [0.1, 0.15) is 11.6 Å². The Hall–Kier alpha value is -2.49. The first kappa shape index (κ1) is 13.5. The van der Waals surface area contributed by atoms with Crippen molar-refractivity contribution in [2.75, 3.05) is 12.4 Å². The highest BCUT2D eigenvalue weighted by atomic mass is 15.0. The van der Waals surface area contributed by atoms with E-state index in [1.807, 2.05) is 31.4 Å². The van der Waals surface area contributed by atoms with Crippen LogP contribution in [0.1, 0.15) is 25.6 Å². The minimum Gasteiger partial charge on any atom is -0.373 e. The van der Waals surface area contributed by atoms with Gasteiger partial charge in [-0.25, -0.2) is 9.97 Å². The van der Waals surface area contributed by atoms with E-state index in [0.717, 1.165) is 33.8 Å². The molecule has 0 saturated carbocycles. The van der Waals surface area contributed by atoms with Crippen LogP contribution in [0.5, 0.6) is 0 Å². The van der Waals surface area contributed by atoms with E-state index in [0.29, 0.717) is 0 Å². The van der Waals surface area contributed by atoms with Gasteiger partial charge in [-0.15, -0.1) is 0 Å². The van der Waals surface area contributed by atoms with Crippen molar-refractivity contribution in [3.63, 3.8) is 0 Å². The summed E-state index contributed by atoms with van der Waals surface area (Å²) < 4.78 is 0. The maximum atomic E-state index is 4.71. The maximum absolute atomic E-state index is 4.71. The van der Waals surface area contributed by atoms with Gasteiger partial charge in [-0.3, -0.25) is 4.98 Å². The Morgan fingerprint density at radius 3 is 2.62 bits per heavy atom. The molecule has 1 aromatic carbocycles. The number of rotatable bonds is 3. The van der Waals surface area contributed by atoms with Gasteiger partial charge in [0.05, 0.1) is 11.2 Å². The summed E-state index contributed by atoms with van der Waals surface area (Å²) in [6, 6.07) is 12.1. The molecule has 3 rings (SSSR count). The Bertz CT molecular complexity index is 775. The van der Waals surface area contributed by atoms with E-state index in [9.17, 15) is 0 Å². The average molecular weight is 278 g/mol. The Labute approximate surface area is 124 Å². The third-order valence-corrected chi connectivity index (χ3v) is 3.42. The summed E-state index contributed by atoms with van der Waals surface area (Å²) in [6.07, 6.45) is 1.81. The number of hydrogen-bond donors (Lipinski definition) is 1. The Balaban J connectivity index is 2.25. The van der Waals surface area contributed by atoms with Crippen molar-refractivity contribution >= 4 is 16.7 Å². The zero-order valence-electron chi connectivity index (χ0n) is 12.5. The number of pyridine rings is 1. The van der Waals surface area contributed by atoms with E-state index in [1.165, 1.54) is 0 Å². The molecule has 0 unspecified atom stereocenters. The van der Waals surface area contributed by atoms with Crippen LogP contribution < -0.4 is 5.32 Å². The number of nitrogens with one attached hydrogen (secondary N) is 1. The first-order valence-electron chi connectivity index (χ1n) is 7.10. The number of para-hydroxylation sites is 1. The van der Waals surface area contributed by atoms with E-state index >= 15 is 0 Å². The summed E-state index contributed by atoms with van der Waals surface area (Å²) >= 11 is 0. The Morgan fingerprint density at radius 2 is 1.86 bits per heavy atom. The largest absolute Gasteiger partial charge is 0.373 e. The average Bonchev–Trinajstić information content (AvgIpc) is 2.53. The highest BCUT2D eigenvalue weighted by molar-refractivity contribution is 5.92. The van der Waals surface area contributed by atoms with Crippen LogP contribution in [-0.2, 0) is 0 Å². The van der Waals surface area contributed by atoms with Gasteiger partial charge in [0, 0.05) is 36.2 Å². The summed E-state index contributed by atoms with van der Waals surface area (Å²) in [5.74, 6) is 1.95. The van der Waals surface area contributed by atoms with E-state index < -0.39 is 0 Å². The topological polar surface area (TPSA) is 50.7 Å². The number of aromatic nitrogens is 3. The minimum absolute atomic E-state index is 0.278. The molecule has 0 radical (unpaired) electrons. The predicted molar refractivity (Wildman–Crippen MR) is 86.4 cm³/mol. The van der Waals surface area contributed by atoms with Crippen molar-refractivity contribution in [3.8, 4) is 11.3 Å². The molecule has 0 aliphatic heterocycles. The van der Waals surface area contributed by atoms with Gasteiger partial charge < -0.3 is 5.32 Å². The summed E-state index contributed by atoms with van der Waals surface area (Å²) in [7, 11) is 1.87. The quantitative estimate of drug-likeness (QED) is 0.790. The smallest absolute Gasteiger partial charge is 0.133 e. The van der Waals surface area contributed by atoms with Crippen molar-refractivity contribution in [2.45, 2.75) is 19.8 Å². The molecule has 0 aliphatic rings. The Kier molecular flexibility index (Phi) is 3.52.